The Balaban J connectivity index is 1.40. The van der Waals surface area contributed by atoms with Crippen LogP contribution in [0, 0.1) is 0 Å². The Kier molecular flexibility index (Phi) is 5.45. The monoisotopic (exact) mass is 355 g/mol. The Morgan fingerprint density at radius 1 is 1.19 bits per heavy atom. The van der Waals surface area contributed by atoms with E-state index < -0.39 is 0 Å². The summed E-state index contributed by atoms with van der Waals surface area (Å²) in [5.74, 6) is 1.04. The Hall–Kier alpha value is -1.99. The first-order chi connectivity index (χ1) is 12.8. The van der Waals surface area contributed by atoms with E-state index in [1.165, 1.54) is 42.8 Å². The highest BCUT2D eigenvalue weighted by molar-refractivity contribution is 5.47. The number of H-pyrrole nitrogens is 1. The van der Waals surface area contributed by atoms with Crippen molar-refractivity contribution in [1.82, 2.24) is 29.7 Å². The van der Waals surface area contributed by atoms with Gasteiger partial charge in [-0.1, -0.05) is 6.42 Å². The van der Waals surface area contributed by atoms with Crippen molar-refractivity contribution in [3.8, 4) is 0 Å². The fourth-order valence-corrected chi connectivity index (χ4v) is 4.11. The number of nitrogens with one attached hydrogen (secondary N) is 2. The third-order valence-electron chi connectivity index (χ3n) is 5.75. The molecular weight excluding hydrogens is 326 g/mol. The minimum atomic E-state index is 0.608. The van der Waals surface area contributed by atoms with Crippen molar-refractivity contribution in [3.63, 3.8) is 0 Å². The molecule has 4 rings (SSSR count). The molecule has 1 fully saturated rings. The molecule has 0 aliphatic carbocycles. The minimum Gasteiger partial charge on any atom is -0.368 e. The second-order valence-corrected chi connectivity index (χ2v) is 7.51. The number of hydrogen-bond acceptors (Lipinski definition) is 6. The Labute approximate surface area is 155 Å². The smallest absolute Gasteiger partial charge is 0.132 e. The molecule has 0 bridgehead atoms. The largest absolute Gasteiger partial charge is 0.368 e. The number of imidazole rings is 1. The van der Waals surface area contributed by atoms with Crippen LogP contribution < -0.4 is 5.32 Å². The van der Waals surface area contributed by atoms with Gasteiger partial charge in [0.2, 0.25) is 0 Å². The summed E-state index contributed by atoms with van der Waals surface area (Å²) in [6.07, 6.45) is 11.3. The van der Waals surface area contributed by atoms with Crippen LogP contribution >= 0.6 is 0 Å². The van der Waals surface area contributed by atoms with E-state index in [0.29, 0.717) is 6.04 Å². The molecule has 7 heteroatoms. The van der Waals surface area contributed by atoms with E-state index in [4.69, 9.17) is 0 Å². The molecule has 0 amide bonds. The van der Waals surface area contributed by atoms with E-state index in [0.717, 1.165) is 44.8 Å². The van der Waals surface area contributed by atoms with Gasteiger partial charge < -0.3 is 15.2 Å². The van der Waals surface area contributed by atoms with Gasteiger partial charge in [0.05, 0.1) is 12.0 Å². The Bertz CT molecular complexity index is 700. The Morgan fingerprint density at radius 2 is 2.12 bits per heavy atom. The molecule has 4 heterocycles. The lowest BCUT2D eigenvalue weighted by atomic mass is 10.0. The molecule has 1 saturated heterocycles. The van der Waals surface area contributed by atoms with Crippen LogP contribution in [0.5, 0.6) is 0 Å². The van der Waals surface area contributed by atoms with E-state index >= 15 is 0 Å². The normalized spacial score (nSPS) is 22.0. The van der Waals surface area contributed by atoms with Crippen LogP contribution in [-0.2, 0) is 19.4 Å². The van der Waals surface area contributed by atoms with Gasteiger partial charge in [0.25, 0.3) is 0 Å². The van der Waals surface area contributed by atoms with Gasteiger partial charge >= 0.3 is 0 Å². The summed E-state index contributed by atoms with van der Waals surface area (Å²) in [6, 6.07) is 0.608. The third-order valence-corrected chi connectivity index (χ3v) is 5.75. The topological polar surface area (TPSA) is 73.0 Å². The molecule has 2 aliphatic rings. The summed E-state index contributed by atoms with van der Waals surface area (Å²) in [4.78, 5) is 21.4. The van der Waals surface area contributed by atoms with Crippen LogP contribution in [0.4, 0.5) is 5.82 Å². The first kappa shape index (κ1) is 17.4. The van der Waals surface area contributed by atoms with Gasteiger partial charge in [0, 0.05) is 56.1 Å². The molecule has 2 aromatic heterocycles. The highest BCUT2D eigenvalue weighted by Gasteiger charge is 2.21. The van der Waals surface area contributed by atoms with E-state index in [-0.39, 0.29) is 0 Å². The van der Waals surface area contributed by atoms with Gasteiger partial charge in [-0.2, -0.15) is 0 Å². The summed E-state index contributed by atoms with van der Waals surface area (Å²) < 4.78 is 0. The van der Waals surface area contributed by atoms with E-state index in [1.807, 2.05) is 6.20 Å². The van der Waals surface area contributed by atoms with Crippen LogP contribution in [0.25, 0.3) is 0 Å². The quantitative estimate of drug-likeness (QED) is 0.850. The summed E-state index contributed by atoms with van der Waals surface area (Å²) in [5.41, 5.74) is 3.67. The molecule has 1 unspecified atom stereocenters. The average molecular weight is 355 g/mol. The fraction of sp³-hybridized carbons (Fsp3) is 0.632. The van der Waals surface area contributed by atoms with Gasteiger partial charge in [0.1, 0.15) is 12.1 Å². The molecule has 2 aromatic rings. The van der Waals surface area contributed by atoms with Crippen molar-refractivity contribution < 1.29 is 0 Å². The molecular formula is C19H29N7. The van der Waals surface area contributed by atoms with Crippen molar-refractivity contribution in [1.29, 1.82) is 0 Å². The summed E-state index contributed by atoms with van der Waals surface area (Å²) in [6.45, 7) is 5.14. The lowest BCUT2D eigenvalue weighted by Crippen LogP contribution is -2.41. The van der Waals surface area contributed by atoms with Crippen LogP contribution in [-0.4, -0.2) is 69.0 Å². The summed E-state index contributed by atoms with van der Waals surface area (Å²) in [5, 5.41) is 3.63. The molecule has 26 heavy (non-hydrogen) atoms. The fourth-order valence-electron chi connectivity index (χ4n) is 4.11. The van der Waals surface area contributed by atoms with Gasteiger partial charge in [-0.3, -0.25) is 4.90 Å². The number of aromatic amines is 1. The van der Waals surface area contributed by atoms with Crippen LogP contribution in [0.2, 0.25) is 0 Å². The standard InChI is InChI=1S/C19H29N7/c1-25-7-3-2-4-16(25)11-21-19-17-5-8-26(12-15-10-20-13-22-15)9-6-18(17)23-14-24-19/h10,13-14,16H,2-9,11-12H2,1H3,(H,20,22)(H,21,23,24). The molecule has 0 spiro atoms. The van der Waals surface area contributed by atoms with Crippen LogP contribution in [0.15, 0.2) is 18.9 Å². The first-order valence-electron chi connectivity index (χ1n) is 9.76. The first-order valence-corrected chi connectivity index (χ1v) is 9.76. The van der Waals surface area contributed by atoms with Crippen molar-refractivity contribution in [2.24, 2.45) is 0 Å². The van der Waals surface area contributed by atoms with E-state index in [9.17, 15) is 0 Å². The van der Waals surface area contributed by atoms with Crippen LogP contribution in [0.3, 0.4) is 0 Å². The van der Waals surface area contributed by atoms with Crippen LogP contribution in [0.1, 0.15) is 36.2 Å². The molecule has 1 atom stereocenters. The maximum atomic E-state index is 4.57. The molecule has 0 radical (unpaired) electrons. The van der Waals surface area contributed by atoms with Crippen molar-refractivity contribution in [2.45, 2.75) is 44.7 Å². The number of nitrogens with zero attached hydrogens (tertiary/aromatic N) is 5. The highest BCUT2D eigenvalue weighted by Crippen LogP contribution is 2.22. The molecule has 2 N–H and O–H groups in total. The van der Waals surface area contributed by atoms with E-state index in [1.54, 1.807) is 12.7 Å². The van der Waals surface area contributed by atoms with Crippen molar-refractivity contribution in [2.75, 3.05) is 38.5 Å². The zero-order valence-electron chi connectivity index (χ0n) is 15.6. The van der Waals surface area contributed by atoms with Gasteiger partial charge in [-0.15, -0.1) is 0 Å². The average Bonchev–Trinajstić information content (AvgIpc) is 3.08. The lowest BCUT2D eigenvalue weighted by molar-refractivity contribution is 0.194. The zero-order chi connectivity index (χ0) is 17.8. The SMILES string of the molecule is CN1CCCCC1CNc1ncnc2c1CCN(Cc1cnc[nH]1)CC2. The minimum absolute atomic E-state index is 0.608. The van der Waals surface area contributed by atoms with Crippen molar-refractivity contribution in [3.05, 3.63) is 35.8 Å². The second kappa shape index (κ2) is 8.14. The number of rotatable bonds is 5. The maximum absolute atomic E-state index is 4.57. The Morgan fingerprint density at radius 3 is 2.96 bits per heavy atom. The number of hydrogen-bond donors (Lipinski definition) is 2. The molecule has 0 aromatic carbocycles. The summed E-state index contributed by atoms with van der Waals surface area (Å²) >= 11 is 0. The number of likely N-dealkylation sites (tertiary alicyclic amines) is 1. The van der Waals surface area contributed by atoms with Gasteiger partial charge in [-0.05, 0) is 32.9 Å². The molecule has 7 nitrogen and oxygen atoms in total. The maximum Gasteiger partial charge on any atom is 0.132 e. The predicted octanol–water partition coefficient (Wildman–Crippen LogP) is 1.70. The summed E-state index contributed by atoms with van der Waals surface area (Å²) in [7, 11) is 2.24. The third kappa shape index (κ3) is 4.04. The molecule has 2 aliphatic heterocycles. The van der Waals surface area contributed by atoms with E-state index in [2.05, 4.69) is 42.1 Å². The second-order valence-electron chi connectivity index (χ2n) is 7.51. The zero-order valence-corrected chi connectivity index (χ0v) is 15.6. The number of fused-ring (bicyclic) bond motifs is 1. The van der Waals surface area contributed by atoms with Gasteiger partial charge in [-0.25, -0.2) is 15.0 Å². The highest BCUT2D eigenvalue weighted by atomic mass is 15.2. The lowest BCUT2D eigenvalue weighted by Gasteiger charge is -2.32. The van der Waals surface area contributed by atoms with Gasteiger partial charge in [0.15, 0.2) is 0 Å². The molecule has 0 saturated carbocycles. The number of aromatic nitrogens is 4. The predicted molar refractivity (Wildman–Crippen MR) is 102 cm³/mol. The number of piperidine rings is 1. The van der Waals surface area contributed by atoms with Crippen molar-refractivity contribution >= 4 is 5.82 Å². The number of anilines is 1. The number of likely N-dealkylation sites (N-methyl/N-ethyl adjacent to an activating group) is 1. The molecule has 140 valence electrons.